The monoisotopic (exact) mass is 566 g/mol. The van der Waals surface area contributed by atoms with Crippen LogP contribution in [-0.4, -0.2) is 63.4 Å². The van der Waals surface area contributed by atoms with Gasteiger partial charge in [-0.25, -0.2) is 0 Å². The number of nitrogens with zero attached hydrogens (tertiary/aromatic N) is 1. The number of carbonyl (C=O) groups is 2. The maximum Gasteiger partial charge on any atom is 0.250 e. The van der Waals surface area contributed by atoms with Crippen molar-refractivity contribution < 1.29 is 28.5 Å². The molecule has 0 aromatic heterocycles. The summed E-state index contributed by atoms with van der Waals surface area (Å²) in [4.78, 5) is 31.9. The van der Waals surface area contributed by atoms with Crippen LogP contribution >= 0.6 is 0 Å². The molecular formula is C34H34N2O6. The molecule has 8 heteroatoms. The van der Waals surface area contributed by atoms with Gasteiger partial charge in [0, 0.05) is 42.1 Å². The predicted molar refractivity (Wildman–Crippen MR) is 157 cm³/mol. The van der Waals surface area contributed by atoms with Crippen LogP contribution < -0.4 is 14.8 Å². The molecule has 3 aromatic rings. The second-order valence-corrected chi connectivity index (χ2v) is 11.6. The predicted octanol–water partition coefficient (Wildman–Crippen LogP) is 4.76. The van der Waals surface area contributed by atoms with E-state index in [9.17, 15) is 4.79 Å². The second kappa shape index (κ2) is 9.80. The van der Waals surface area contributed by atoms with Gasteiger partial charge in [-0.3, -0.25) is 14.5 Å². The van der Waals surface area contributed by atoms with E-state index in [2.05, 4.69) is 10.2 Å². The zero-order valence-corrected chi connectivity index (χ0v) is 24.0. The number of carbonyl (C=O) groups excluding carboxylic acids is 2. The number of rotatable bonds is 4. The van der Waals surface area contributed by atoms with Crippen LogP contribution in [-0.2, 0) is 24.6 Å². The van der Waals surface area contributed by atoms with Crippen molar-refractivity contribution in [2.75, 3.05) is 46.3 Å². The number of nitrogens with one attached hydrogen (secondary N) is 1. The molecule has 1 N–H and O–H groups in total. The summed E-state index contributed by atoms with van der Waals surface area (Å²) >= 11 is 0. The number of amides is 1. The Kier molecular flexibility index (Phi) is 6.27. The summed E-state index contributed by atoms with van der Waals surface area (Å²) in [6, 6.07) is 23.2. The Labute approximate surface area is 245 Å². The van der Waals surface area contributed by atoms with Crippen molar-refractivity contribution in [3.63, 3.8) is 0 Å². The Morgan fingerprint density at radius 1 is 0.905 bits per heavy atom. The number of ether oxygens (including phenoxy) is 4. The van der Waals surface area contributed by atoms with Crippen LogP contribution in [0.25, 0.3) is 6.08 Å². The Morgan fingerprint density at radius 3 is 2.21 bits per heavy atom. The van der Waals surface area contributed by atoms with E-state index in [0.29, 0.717) is 31.8 Å². The van der Waals surface area contributed by atoms with E-state index in [1.165, 1.54) is 0 Å². The van der Waals surface area contributed by atoms with Crippen molar-refractivity contribution in [2.45, 2.75) is 30.1 Å². The van der Waals surface area contributed by atoms with Crippen LogP contribution in [0.2, 0.25) is 0 Å². The topological polar surface area (TPSA) is 86.3 Å². The highest BCUT2D eigenvalue weighted by molar-refractivity contribution is 6.15. The molecular weight excluding hydrogens is 532 g/mol. The SMILES string of the molecule is COc1ccc(/C=C2\CC3(CC4(C2=O)C(c2ccc(OC)cc2)CN(C)C42C(=O)Nc4ccccc42)OCCO3)cc1. The van der Waals surface area contributed by atoms with Gasteiger partial charge in [-0.1, -0.05) is 42.5 Å². The third kappa shape index (κ3) is 3.65. The third-order valence-corrected chi connectivity index (χ3v) is 9.66. The number of para-hydroxylation sites is 1. The van der Waals surface area contributed by atoms with Crippen LogP contribution in [0.1, 0.15) is 35.4 Å². The Morgan fingerprint density at radius 2 is 1.55 bits per heavy atom. The largest absolute Gasteiger partial charge is 0.497 e. The molecule has 1 amide bonds. The fourth-order valence-corrected chi connectivity index (χ4v) is 7.97. The van der Waals surface area contributed by atoms with Gasteiger partial charge in [0.2, 0.25) is 0 Å². The summed E-state index contributed by atoms with van der Waals surface area (Å²) in [5, 5.41) is 3.13. The first-order chi connectivity index (χ1) is 20.4. The van der Waals surface area contributed by atoms with Crippen molar-refractivity contribution in [1.29, 1.82) is 0 Å². The van der Waals surface area contributed by atoms with Crippen LogP contribution in [0.15, 0.2) is 78.4 Å². The molecule has 3 fully saturated rings. The molecule has 42 heavy (non-hydrogen) atoms. The summed E-state index contributed by atoms with van der Waals surface area (Å²) in [6.07, 6.45) is 2.48. The number of benzene rings is 3. The van der Waals surface area contributed by atoms with E-state index in [1.54, 1.807) is 14.2 Å². The number of likely N-dealkylation sites (N-methyl/N-ethyl adjacent to an activating group) is 1. The van der Waals surface area contributed by atoms with Crippen LogP contribution in [0.4, 0.5) is 5.69 Å². The van der Waals surface area contributed by atoms with E-state index < -0.39 is 16.7 Å². The van der Waals surface area contributed by atoms with Gasteiger partial charge in [0.05, 0.1) is 32.8 Å². The fraction of sp³-hybridized carbons (Fsp3) is 0.353. The minimum atomic E-state index is -1.27. The molecule has 3 unspecified atom stereocenters. The Balaban J connectivity index is 1.49. The molecule has 3 heterocycles. The average Bonchev–Trinajstić information content (AvgIpc) is 3.66. The van der Waals surface area contributed by atoms with Gasteiger partial charge in [0.15, 0.2) is 11.6 Å². The minimum Gasteiger partial charge on any atom is -0.497 e. The molecule has 1 aliphatic carbocycles. The summed E-state index contributed by atoms with van der Waals surface area (Å²) < 4.78 is 23.6. The van der Waals surface area contributed by atoms with Crippen LogP contribution in [0.5, 0.6) is 11.5 Å². The zero-order chi connectivity index (χ0) is 29.1. The van der Waals surface area contributed by atoms with E-state index in [4.69, 9.17) is 18.9 Å². The number of methoxy groups -OCH3 is 2. The second-order valence-electron chi connectivity index (χ2n) is 11.6. The summed E-state index contributed by atoms with van der Waals surface area (Å²) in [7, 11) is 5.21. The molecule has 3 aliphatic heterocycles. The highest BCUT2D eigenvalue weighted by Gasteiger charge is 2.76. The van der Waals surface area contributed by atoms with Crippen LogP contribution in [0.3, 0.4) is 0 Å². The first-order valence-corrected chi connectivity index (χ1v) is 14.3. The molecule has 3 spiro atoms. The normalized spacial score (nSPS) is 29.0. The summed E-state index contributed by atoms with van der Waals surface area (Å²) in [5.41, 5.74) is 1.44. The Bertz CT molecular complexity index is 1580. The molecule has 8 nitrogen and oxygen atoms in total. The third-order valence-electron chi connectivity index (χ3n) is 9.66. The highest BCUT2D eigenvalue weighted by atomic mass is 16.7. The van der Waals surface area contributed by atoms with Crippen molar-refractivity contribution in [2.24, 2.45) is 5.41 Å². The average molecular weight is 567 g/mol. The molecule has 3 aromatic carbocycles. The number of hydrogen-bond acceptors (Lipinski definition) is 7. The highest BCUT2D eigenvalue weighted by Crippen LogP contribution is 2.68. The summed E-state index contributed by atoms with van der Waals surface area (Å²) in [6.45, 7) is 1.35. The van der Waals surface area contributed by atoms with Gasteiger partial charge >= 0.3 is 0 Å². The van der Waals surface area contributed by atoms with E-state index in [1.807, 2.05) is 85.9 Å². The molecule has 3 atom stereocenters. The lowest BCUT2D eigenvalue weighted by Crippen LogP contribution is -2.63. The van der Waals surface area contributed by atoms with E-state index in [0.717, 1.165) is 33.9 Å². The number of Topliss-reactive ketones (excluding diaryl/α,β-unsaturated/α-hetero) is 1. The van der Waals surface area contributed by atoms with Crippen molar-refractivity contribution >= 4 is 23.5 Å². The number of fused-ring (bicyclic) bond motifs is 3. The van der Waals surface area contributed by atoms with Gasteiger partial charge in [-0.05, 0) is 54.6 Å². The van der Waals surface area contributed by atoms with Gasteiger partial charge in [0.25, 0.3) is 5.91 Å². The maximum atomic E-state index is 15.4. The number of hydrogen-bond donors (Lipinski definition) is 1. The first kappa shape index (κ1) is 26.9. The smallest absolute Gasteiger partial charge is 0.250 e. The molecule has 2 saturated heterocycles. The Hall–Kier alpha value is -3.98. The zero-order valence-electron chi connectivity index (χ0n) is 24.0. The van der Waals surface area contributed by atoms with Gasteiger partial charge in [0.1, 0.15) is 17.0 Å². The molecule has 7 rings (SSSR count). The standard InChI is InChI=1S/C34H34N2O6/c1-36-20-28(23-10-14-26(40-3)15-11-23)33(34(36)27-6-4-5-7-29(27)35-31(34)38)21-32(41-16-17-42-32)19-24(30(33)37)18-22-8-12-25(39-2)13-9-22/h4-15,18,28H,16-17,19-21H2,1-3H3,(H,35,38)/b24-18+. The minimum absolute atomic E-state index is 0.0555. The van der Waals surface area contributed by atoms with Crippen molar-refractivity contribution in [3.8, 4) is 11.5 Å². The van der Waals surface area contributed by atoms with E-state index >= 15 is 4.79 Å². The molecule has 4 aliphatic rings. The van der Waals surface area contributed by atoms with Gasteiger partial charge in [-0.2, -0.15) is 0 Å². The number of likely N-dealkylation sites (tertiary alicyclic amines) is 1. The number of anilines is 1. The molecule has 1 saturated carbocycles. The molecule has 0 radical (unpaired) electrons. The van der Waals surface area contributed by atoms with Crippen molar-refractivity contribution in [3.05, 3.63) is 95.1 Å². The molecule has 0 bridgehead atoms. The first-order valence-electron chi connectivity index (χ1n) is 14.3. The van der Waals surface area contributed by atoms with Gasteiger partial charge in [-0.15, -0.1) is 0 Å². The maximum absolute atomic E-state index is 15.4. The van der Waals surface area contributed by atoms with Crippen LogP contribution in [0, 0.1) is 5.41 Å². The lowest BCUT2D eigenvalue weighted by atomic mass is 9.52. The summed E-state index contributed by atoms with van der Waals surface area (Å²) in [5.74, 6) is -0.159. The lowest BCUT2D eigenvalue weighted by Gasteiger charge is -2.52. The molecule has 216 valence electrons. The van der Waals surface area contributed by atoms with E-state index in [-0.39, 0.29) is 24.0 Å². The quantitative estimate of drug-likeness (QED) is 0.456. The fourth-order valence-electron chi connectivity index (χ4n) is 7.97. The van der Waals surface area contributed by atoms with Crippen molar-refractivity contribution in [1.82, 2.24) is 4.90 Å². The van der Waals surface area contributed by atoms with Gasteiger partial charge < -0.3 is 24.3 Å². The number of ketones is 1. The lowest BCUT2D eigenvalue weighted by molar-refractivity contribution is -0.203.